The fourth-order valence-corrected chi connectivity index (χ4v) is 0.582. The van der Waals surface area contributed by atoms with Crippen LogP contribution in [0.4, 0.5) is 0 Å². The van der Waals surface area contributed by atoms with E-state index in [1.54, 1.807) is 0 Å². The number of halogens is 1. The SMILES string of the molecule is OCCCCOCCCl. The van der Waals surface area contributed by atoms with Crippen molar-refractivity contribution < 1.29 is 9.84 Å². The van der Waals surface area contributed by atoms with Crippen LogP contribution in [0.5, 0.6) is 0 Å². The molecule has 0 amide bonds. The van der Waals surface area contributed by atoms with Crippen molar-refractivity contribution in [1.82, 2.24) is 0 Å². The lowest BCUT2D eigenvalue weighted by molar-refractivity contribution is 0.139. The van der Waals surface area contributed by atoms with Gasteiger partial charge >= 0.3 is 0 Å². The number of aliphatic hydroxyl groups excluding tert-OH is 1. The molecule has 0 saturated carbocycles. The van der Waals surface area contributed by atoms with E-state index in [-0.39, 0.29) is 6.61 Å². The van der Waals surface area contributed by atoms with Gasteiger partial charge in [0.1, 0.15) is 0 Å². The van der Waals surface area contributed by atoms with Gasteiger partial charge < -0.3 is 9.84 Å². The molecule has 0 heterocycles. The summed E-state index contributed by atoms with van der Waals surface area (Å²) in [4.78, 5) is 0. The lowest BCUT2D eigenvalue weighted by Gasteiger charge is -1.98. The van der Waals surface area contributed by atoms with Crippen LogP contribution in [0, 0.1) is 0 Å². The van der Waals surface area contributed by atoms with E-state index in [0.717, 1.165) is 12.8 Å². The molecule has 0 aromatic rings. The average Bonchev–Trinajstić information content (AvgIpc) is 1.89. The van der Waals surface area contributed by atoms with Gasteiger partial charge in [-0.2, -0.15) is 0 Å². The van der Waals surface area contributed by atoms with Crippen LogP contribution in [0.3, 0.4) is 0 Å². The van der Waals surface area contributed by atoms with Crippen molar-refractivity contribution >= 4 is 11.6 Å². The topological polar surface area (TPSA) is 29.5 Å². The summed E-state index contributed by atoms with van der Waals surface area (Å²) in [6.45, 7) is 1.59. The molecule has 0 rings (SSSR count). The minimum Gasteiger partial charge on any atom is -0.396 e. The number of alkyl halides is 1. The van der Waals surface area contributed by atoms with E-state index >= 15 is 0 Å². The molecule has 2 nitrogen and oxygen atoms in total. The third-order valence-corrected chi connectivity index (χ3v) is 1.07. The Morgan fingerprint density at radius 2 is 2.00 bits per heavy atom. The highest BCUT2D eigenvalue weighted by molar-refractivity contribution is 6.17. The van der Waals surface area contributed by atoms with Gasteiger partial charge in [-0.25, -0.2) is 0 Å². The normalized spacial score (nSPS) is 10.0. The molecule has 0 aliphatic rings. The Labute approximate surface area is 60.8 Å². The van der Waals surface area contributed by atoms with Crippen molar-refractivity contribution in [3.8, 4) is 0 Å². The number of hydrogen-bond acceptors (Lipinski definition) is 2. The Bertz CT molecular complexity index is 44.3. The smallest absolute Gasteiger partial charge is 0.0601 e. The van der Waals surface area contributed by atoms with Crippen molar-refractivity contribution in [3.05, 3.63) is 0 Å². The summed E-state index contributed by atoms with van der Waals surface area (Å²) in [7, 11) is 0. The highest BCUT2D eigenvalue weighted by Crippen LogP contribution is 1.88. The van der Waals surface area contributed by atoms with E-state index in [1.807, 2.05) is 0 Å². The summed E-state index contributed by atoms with van der Waals surface area (Å²) in [5.74, 6) is 0.555. The Morgan fingerprint density at radius 3 is 2.56 bits per heavy atom. The van der Waals surface area contributed by atoms with Gasteiger partial charge in [-0.15, -0.1) is 11.6 Å². The van der Waals surface area contributed by atoms with Gasteiger partial charge in [-0.3, -0.25) is 0 Å². The van der Waals surface area contributed by atoms with Gasteiger partial charge in [-0.05, 0) is 12.8 Å². The van der Waals surface area contributed by atoms with Gasteiger partial charge in [0.05, 0.1) is 6.61 Å². The van der Waals surface area contributed by atoms with E-state index in [2.05, 4.69) is 0 Å². The van der Waals surface area contributed by atoms with Gasteiger partial charge in [0.2, 0.25) is 0 Å². The molecule has 0 aromatic carbocycles. The maximum atomic E-state index is 8.34. The molecule has 3 heteroatoms. The number of rotatable bonds is 6. The largest absolute Gasteiger partial charge is 0.396 e. The molecule has 0 spiro atoms. The number of unbranched alkanes of at least 4 members (excludes halogenated alkanes) is 1. The Kier molecular flexibility index (Phi) is 8.40. The number of aliphatic hydroxyl groups is 1. The molecule has 0 fully saturated rings. The van der Waals surface area contributed by atoms with E-state index in [4.69, 9.17) is 21.4 Å². The summed E-state index contributed by atoms with van der Waals surface area (Å²) in [6.07, 6.45) is 1.75. The first-order valence-corrected chi connectivity index (χ1v) is 3.70. The summed E-state index contributed by atoms with van der Waals surface area (Å²) >= 11 is 5.34. The molecule has 0 radical (unpaired) electrons. The summed E-state index contributed by atoms with van der Waals surface area (Å²) < 4.78 is 5.04. The summed E-state index contributed by atoms with van der Waals surface area (Å²) in [5, 5.41) is 8.34. The second-order valence-electron chi connectivity index (χ2n) is 1.73. The monoisotopic (exact) mass is 152 g/mol. The molecule has 0 aliphatic carbocycles. The first-order chi connectivity index (χ1) is 4.41. The standard InChI is InChI=1S/C6H13ClO2/c7-3-6-9-5-2-1-4-8/h8H,1-6H2. The quantitative estimate of drug-likeness (QED) is 0.455. The zero-order valence-electron chi connectivity index (χ0n) is 5.48. The zero-order valence-corrected chi connectivity index (χ0v) is 6.23. The zero-order chi connectivity index (χ0) is 6.95. The van der Waals surface area contributed by atoms with Crippen molar-refractivity contribution in [2.24, 2.45) is 0 Å². The Hall–Kier alpha value is 0.210. The lowest BCUT2D eigenvalue weighted by atomic mass is 10.3. The third kappa shape index (κ3) is 8.21. The third-order valence-electron chi connectivity index (χ3n) is 0.918. The van der Waals surface area contributed by atoms with Crippen LogP contribution >= 0.6 is 11.6 Å². The minimum absolute atomic E-state index is 0.254. The Morgan fingerprint density at radius 1 is 1.22 bits per heavy atom. The second-order valence-corrected chi connectivity index (χ2v) is 2.11. The van der Waals surface area contributed by atoms with E-state index in [0.29, 0.717) is 19.1 Å². The highest BCUT2D eigenvalue weighted by Gasteiger charge is 1.85. The molecule has 0 atom stereocenters. The van der Waals surface area contributed by atoms with Crippen LogP contribution in [0.1, 0.15) is 12.8 Å². The van der Waals surface area contributed by atoms with Crippen LogP contribution in [-0.4, -0.2) is 30.8 Å². The predicted molar refractivity (Wildman–Crippen MR) is 37.9 cm³/mol. The molecule has 0 aliphatic heterocycles. The number of ether oxygens (including phenoxy) is 1. The van der Waals surface area contributed by atoms with Crippen LogP contribution in [0.15, 0.2) is 0 Å². The van der Waals surface area contributed by atoms with Crippen LogP contribution in [-0.2, 0) is 4.74 Å². The maximum Gasteiger partial charge on any atom is 0.0601 e. The van der Waals surface area contributed by atoms with Crippen molar-refractivity contribution in [1.29, 1.82) is 0 Å². The average molecular weight is 153 g/mol. The van der Waals surface area contributed by atoms with E-state index in [1.165, 1.54) is 0 Å². The van der Waals surface area contributed by atoms with Gasteiger partial charge in [0, 0.05) is 19.1 Å². The van der Waals surface area contributed by atoms with E-state index < -0.39 is 0 Å². The Balaban J connectivity index is 2.60. The number of hydrogen-bond donors (Lipinski definition) is 1. The molecule has 0 aromatic heterocycles. The van der Waals surface area contributed by atoms with Crippen molar-refractivity contribution in [2.45, 2.75) is 12.8 Å². The first kappa shape index (κ1) is 9.21. The molecule has 1 N–H and O–H groups in total. The fourth-order valence-electron chi connectivity index (χ4n) is 0.473. The summed E-state index contributed by atoms with van der Waals surface area (Å²) in [5.41, 5.74) is 0. The van der Waals surface area contributed by atoms with Crippen molar-refractivity contribution in [2.75, 3.05) is 25.7 Å². The maximum absolute atomic E-state index is 8.34. The molecule has 56 valence electrons. The lowest BCUT2D eigenvalue weighted by Crippen LogP contribution is -1.98. The molecular weight excluding hydrogens is 140 g/mol. The first-order valence-electron chi connectivity index (χ1n) is 3.16. The van der Waals surface area contributed by atoms with E-state index in [9.17, 15) is 0 Å². The predicted octanol–water partition coefficient (Wildman–Crippen LogP) is 1.01. The van der Waals surface area contributed by atoms with Crippen LogP contribution < -0.4 is 0 Å². The van der Waals surface area contributed by atoms with Crippen molar-refractivity contribution in [3.63, 3.8) is 0 Å². The summed E-state index contributed by atoms with van der Waals surface area (Å²) in [6, 6.07) is 0. The highest BCUT2D eigenvalue weighted by atomic mass is 35.5. The molecule has 0 unspecified atom stereocenters. The van der Waals surface area contributed by atoms with Crippen LogP contribution in [0.25, 0.3) is 0 Å². The second kappa shape index (κ2) is 8.21. The van der Waals surface area contributed by atoms with Crippen LogP contribution in [0.2, 0.25) is 0 Å². The van der Waals surface area contributed by atoms with Gasteiger partial charge in [0.25, 0.3) is 0 Å². The van der Waals surface area contributed by atoms with Gasteiger partial charge in [-0.1, -0.05) is 0 Å². The molecular formula is C6H13ClO2. The molecule has 0 bridgehead atoms. The minimum atomic E-state index is 0.254. The fraction of sp³-hybridized carbons (Fsp3) is 1.00. The van der Waals surface area contributed by atoms with Gasteiger partial charge in [0.15, 0.2) is 0 Å². The molecule has 9 heavy (non-hydrogen) atoms. The molecule has 0 saturated heterocycles.